The number of hydrogen-bond donors (Lipinski definition) is 0. The fraction of sp³-hybridized carbons (Fsp3) is 0.707. The van der Waals surface area contributed by atoms with Gasteiger partial charge in [-0.25, -0.2) is 0 Å². The van der Waals surface area contributed by atoms with Crippen LogP contribution in [-0.4, -0.2) is 37.2 Å². The van der Waals surface area contributed by atoms with Crippen LogP contribution in [0.15, 0.2) is 85.1 Å². The maximum Gasteiger partial charge on any atom is 0.306 e. The summed E-state index contributed by atoms with van der Waals surface area (Å²) in [5.41, 5.74) is 0. The first-order valence-corrected chi connectivity index (χ1v) is 26.6. The first-order chi connectivity index (χ1) is 31.5. The molecule has 0 aromatic heterocycles. The number of unbranched alkanes of at least 4 members (excludes halogenated alkanes) is 22. The predicted octanol–water partition coefficient (Wildman–Crippen LogP) is 17.6. The van der Waals surface area contributed by atoms with Gasteiger partial charge in [-0.15, -0.1) is 0 Å². The lowest BCUT2D eigenvalue weighted by molar-refractivity contribution is -0.166. The number of esters is 3. The van der Waals surface area contributed by atoms with Crippen LogP contribution in [0.1, 0.15) is 245 Å². The molecule has 6 nitrogen and oxygen atoms in total. The van der Waals surface area contributed by atoms with Gasteiger partial charge in [-0.3, -0.25) is 14.4 Å². The van der Waals surface area contributed by atoms with Gasteiger partial charge in [0.1, 0.15) is 13.2 Å². The van der Waals surface area contributed by atoms with Gasteiger partial charge in [0.25, 0.3) is 0 Å². The molecule has 64 heavy (non-hydrogen) atoms. The molecule has 0 radical (unpaired) electrons. The third kappa shape index (κ3) is 49.6. The molecule has 0 heterocycles. The Bertz CT molecular complexity index is 1250. The van der Waals surface area contributed by atoms with E-state index >= 15 is 0 Å². The molecule has 0 bridgehead atoms. The molecule has 0 spiro atoms. The van der Waals surface area contributed by atoms with Crippen molar-refractivity contribution in [1.29, 1.82) is 0 Å². The number of hydrogen-bond acceptors (Lipinski definition) is 6. The van der Waals surface area contributed by atoms with Crippen molar-refractivity contribution in [2.24, 2.45) is 0 Å². The first-order valence-electron chi connectivity index (χ1n) is 26.6. The predicted molar refractivity (Wildman–Crippen MR) is 274 cm³/mol. The Balaban J connectivity index is 4.44. The third-order valence-corrected chi connectivity index (χ3v) is 11.2. The first kappa shape index (κ1) is 60.6. The van der Waals surface area contributed by atoms with Crippen molar-refractivity contribution in [2.45, 2.75) is 252 Å². The molecule has 0 aliphatic heterocycles. The van der Waals surface area contributed by atoms with Crippen molar-refractivity contribution in [3.8, 4) is 0 Å². The van der Waals surface area contributed by atoms with E-state index in [9.17, 15) is 14.4 Å². The average Bonchev–Trinajstić information content (AvgIpc) is 3.29. The molecule has 0 aromatic carbocycles. The number of rotatable bonds is 47. The van der Waals surface area contributed by atoms with Crippen molar-refractivity contribution in [3.63, 3.8) is 0 Å². The lowest BCUT2D eigenvalue weighted by atomic mass is 10.0. The molecule has 0 aliphatic rings. The van der Waals surface area contributed by atoms with Gasteiger partial charge in [-0.05, 0) is 77.0 Å². The summed E-state index contributed by atoms with van der Waals surface area (Å²) < 4.78 is 16.7. The average molecular weight is 891 g/mol. The van der Waals surface area contributed by atoms with Gasteiger partial charge in [-0.1, -0.05) is 234 Å². The van der Waals surface area contributed by atoms with E-state index in [0.717, 1.165) is 103 Å². The van der Waals surface area contributed by atoms with E-state index in [1.807, 2.05) is 12.2 Å². The van der Waals surface area contributed by atoms with Gasteiger partial charge < -0.3 is 14.2 Å². The summed E-state index contributed by atoms with van der Waals surface area (Å²) in [5, 5.41) is 0. The highest BCUT2D eigenvalue weighted by atomic mass is 16.6. The quantitative estimate of drug-likeness (QED) is 0.0262. The Morgan fingerprint density at radius 3 is 1.05 bits per heavy atom. The molecular formula is C58H98O6. The Labute approximate surface area is 395 Å². The second kappa shape index (κ2) is 52.2. The van der Waals surface area contributed by atoms with Crippen LogP contribution in [0.4, 0.5) is 0 Å². The molecule has 0 rings (SSSR count). The number of ether oxygens (including phenoxy) is 3. The topological polar surface area (TPSA) is 78.9 Å². The van der Waals surface area contributed by atoms with E-state index in [-0.39, 0.29) is 37.5 Å². The van der Waals surface area contributed by atoms with Crippen LogP contribution >= 0.6 is 0 Å². The van der Waals surface area contributed by atoms with E-state index in [2.05, 4.69) is 93.7 Å². The molecule has 1 unspecified atom stereocenters. The van der Waals surface area contributed by atoms with Crippen molar-refractivity contribution in [1.82, 2.24) is 0 Å². The fourth-order valence-electron chi connectivity index (χ4n) is 7.24. The fourth-order valence-corrected chi connectivity index (χ4v) is 7.24. The summed E-state index contributed by atoms with van der Waals surface area (Å²) in [4.78, 5) is 38.0. The van der Waals surface area contributed by atoms with Crippen LogP contribution in [-0.2, 0) is 28.6 Å². The number of carbonyl (C=O) groups excluding carboxylic acids is 3. The molecule has 0 fully saturated rings. The minimum Gasteiger partial charge on any atom is -0.462 e. The molecule has 0 saturated carbocycles. The summed E-state index contributed by atoms with van der Waals surface area (Å²) in [6.07, 6.45) is 67.3. The van der Waals surface area contributed by atoms with E-state index in [1.54, 1.807) is 0 Å². The lowest BCUT2D eigenvalue weighted by Gasteiger charge is -2.18. The molecule has 0 N–H and O–H groups in total. The van der Waals surface area contributed by atoms with Crippen LogP contribution in [0.5, 0.6) is 0 Å². The summed E-state index contributed by atoms with van der Waals surface area (Å²) in [6, 6.07) is 0. The number of allylic oxidation sites excluding steroid dienone is 14. The number of carbonyl (C=O) groups is 3. The van der Waals surface area contributed by atoms with Crippen molar-refractivity contribution in [2.75, 3.05) is 13.2 Å². The zero-order chi connectivity index (χ0) is 46.5. The van der Waals surface area contributed by atoms with Gasteiger partial charge in [0.15, 0.2) is 6.10 Å². The highest BCUT2D eigenvalue weighted by molar-refractivity contribution is 5.71. The van der Waals surface area contributed by atoms with Gasteiger partial charge in [0, 0.05) is 19.3 Å². The van der Waals surface area contributed by atoms with Gasteiger partial charge >= 0.3 is 17.9 Å². The SMILES string of the molecule is CC/C=C\C/C=C\C/C=C\C/C=C\CCC(=O)OCC(COC(=O)CCCCCCCCCCCCCCCCCCCC)OC(=O)CCCCCCC/C=C\C/C=C\C/C=C\CC. The zero-order valence-corrected chi connectivity index (χ0v) is 41.8. The Morgan fingerprint density at radius 1 is 0.328 bits per heavy atom. The standard InChI is InChI=1S/C58H98O6/c1-4-7-10-13-16-19-22-25-27-28-29-31-33-36-39-42-45-48-51-57(60)63-54-55(53-62-56(59)50-47-44-41-38-35-32-24-21-18-15-12-9-6-3)64-58(61)52-49-46-43-40-37-34-30-26-23-20-17-14-11-8-5-2/h8-9,11-12,17-18,20-21,26,30,32,35,41,44,55H,4-7,10,13-16,19,22-25,27-29,31,33-34,36-40,42-43,45-54H2,1-3H3/b11-8-,12-9-,20-17-,21-18-,30-26-,35-32-,44-41-. The monoisotopic (exact) mass is 891 g/mol. The second-order valence-electron chi connectivity index (χ2n) is 17.4. The molecule has 0 amide bonds. The van der Waals surface area contributed by atoms with Crippen LogP contribution in [0.3, 0.4) is 0 Å². The van der Waals surface area contributed by atoms with E-state index in [0.29, 0.717) is 19.3 Å². The van der Waals surface area contributed by atoms with Gasteiger partial charge in [-0.2, -0.15) is 0 Å². The maximum absolute atomic E-state index is 12.8. The van der Waals surface area contributed by atoms with Crippen molar-refractivity contribution >= 4 is 17.9 Å². The maximum atomic E-state index is 12.8. The second-order valence-corrected chi connectivity index (χ2v) is 17.4. The summed E-state index contributed by atoms with van der Waals surface area (Å²) in [6.45, 7) is 6.34. The molecule has 0 saturated heterocycles. The van der Waals surface area contributed by atoms with Gasteiger partial charge in [0.2, 0.25) is 0 Å². The Morgan fingerprint density at radius 2 is 0.641 bits per heavy atom. The highest BCUT2D eigenvalue weighted by Gasteiger charge is 2.19. The zero-order valence-electron chi connectivity index (χ0n) is 41.8. The van der Waals surface area contributed by atoms with Crippen molar-refractivity contribution in [3.05, 3.63) is 85.1 Å². The molecule has 0 aromatic rings. The third-order valence-electron chi connectivity index (χ3n) is 11.2. The Kier molecular flexibility index (Phi) is 49.4. The molecule has 6 heteroatoms. The molecular weight excluding hydrogens is 793 g/mol. The van der Waals surface area contributed by atoms with E-state index in [4.69, 9.17) is 14.2 Å². The van der Waals surface area contributed by atoms with E-state index < -0.39 is 6.10 Å². The van der Waals surface area contributed by atoms with Crippen LogP contribution < -0.4 is 0 Å². The molecule has 1 atom stereocenters. The normalized spacial score (nSPS) is 12.7. The lowest BCUT2D eigenvalue weighted by Crippen LogP contribution is -2.30. The smallest absolute Gasteiger partial charge is 0.306 e. The minimum atomic E-state index is -0.812. The molecule has 366 valence electrons. The van der Waals surface area contributed by atoms with Crippen molar-refractivity contribution < 1.29 is 28.6 Å². The largest absolute Gasteiger partial charge is 0.462 e. The van der Waals surface area contributed by atoms with Gasteiger partial charge in [0.05, 0.1) is 0 Å². The minimum absolute atomic E-state index is 0.104. The van der Waals surface area contributed by atoms with Crippen LogP contribution in [0.2, 0.25) is 0 Å². The Hall–Kier alpha value is -3.41. The summed E-state index contributed by atoms with van der Waals surface area (Å²) in [7, 11) is 0. The summed E-state index contributed by atoms with van der Waals surface area (Å²) in [5.74, 6) is -1.00. The summed E-state index contributed by atoms with van der Waals surface area (Å²) >= 11 is 0. The molecule has 0 aliphatic carbocycles. The highest BCUT2D eigenvalue weighted by Crippen LogP contribution is 2.15. The van der Waals surface area contributed by atoms with E-state index in [1.165, 1.54) is 96.3 Å². The van der Waals surface area contributed by atoms with Crippen LogP contribution in [0.25, 0.3) is 0 Å². The van der Waals surface area contributed by atoms with Crippen LogP contribution in [0, 0.1) is 0 Å².